The lowest BCUT2D eigenvalue weighted by atomic mass is 10.1. The lowest BCUT2D eigenvalue weighted by Gasteiger charge is -2.16. The molecule has 1 aliphatic heterocycles. The molecule has 1 aromatic carbocycles. The Morgan fingerprint density at radius 3 is 2.73 bits per heavy atom. The van der Waals surface area contributed by atoms with Gasteiger partial charge in [0, 0.05) is 31.8 Å². The molecule has 8 heteroatoms. The van der Waals surface area contributed by atoms with Gasteiger partial charge in [-0.3, -0.25) is 9.78 Å². The first kappa shape index (κ1) is 16.3. The van der Waals surface area contributed by atoms with E-state index < -0.39 is 11.6 Å². The highest BCUT2D eigenvalue weighted by molar-refractivity contribution is 5.79. The van der Waals surface area contributed by atoms with Crippen LogP contribution in [0.5, 0.6) is 0 Å². The number of halogens is 2. The van der Waals surface area contributed by atoms with Crippen molar-refractivity contribution >= 4 is 5.91 Å². The smallest absolute Gasteiger partial charge is 0.232 e. The van der Waals surface area contributed by atoms with Gasteiger partial charge in [0.1, 0.15) is 17.3 Å². The van der Waals surface area contributed by atoms with Gasteiger partial charge in [-0.2, -0.15) is 4.98 Å². The third kappa shape index (κ3) is 3.30. The van der Waals surface area contributed by atoms with Crippen LogP contribution in [-0.2, 0) is 11.3 Å². The third-order valence-electron chi connectivity index (χ3n) is 4.20. The molecule has 1 saturated heterocycles. The van der Waals surface area contributed by atoms with Gasteiger partial charge < -0.3 is 9.42 Å². The van der Waals surface area contributed by atoms with E-state index in [2.05, 4.69) is 15.1 Å². The van der Waals surface area contributed by atoms with Crippen molar-refractivity contribution in [3.05, 3.63) is 65.7 Å². The second-order valence-electron chi connectivity index (χ2n) is 6.12. The largest absolute Gasteiger partial charge is 0.339 e. The molecule has 0 N–H and O–H groups in total. The van der Waals surface area contributed by atoms with Crippen LogP contribution in [0.2, 0.25) is 0 Å². The maximum absolute atomic E-state index is 13.3. The minimum atomic E-state index is -0.667. The second kappa shape index (κ2) is 6.62. The van der Waals surface area contributed by atoms with Crippen molar-refractivity contribution in [2.24, 2.45) is 0 Å². The van der Waals surface area contributed by atoms with Gasteiger partial charge >= 0.3 is 0 Å². The first-order valence-corrected chi connectivity index (χ1v) is 8.06. The minimum Gasteiger partial charge on any atom is -0.339 e. The van der Waals surface area contributed by atoms with Crippen molar-refractivity contribution in [1.29, 1.82) is 0 Å². The van der Waals surface area contributed by atoms with Crippen LogP contribution in [0.15, 0.2) is 47.1 Å². The normalized spacial score (nSPS) is 17.1. The van der Waals surface area contributed by atoms with Gasteiger partial charge in [-0.1, -0.05) is 11.2 Å². The molecular formula is C18H14F2N4O2. The first-order valence-electron chi connectivity index (χ1n) is 8.06. The Morgan fingerprint density at radius 1 is 1.19 bits per heavy atom. The number of pyridine rings is 1. The standard InChI is InChI=1S/C18H14F2N4O2/c19-13-5-11(6-14(20)8-13)9-24-10-12(7-16(24)25)18-22-17(23-26-18)15-3-1-2-4-21-15/h1-6,8,12H,7,9-10H2/t12-/m0/s1. The Morgan fingerprint density at radius 2 is 2.00 bits per heavy atom. The molecule has 6 nitrogen and oxygen atoms in total. The fourth-order valence-corrected chi connectivity index (χ4v) is 3.01. The molecule has 0 saturated carbocycles. The zero-order valence-corrected chi connectivity index (χ0v) is 13.6. The van der Waals surface area contributed by atoms with Crippen LogP contribution in [0.25, 0.3) is 11.5 Å². The van der Waals surface area contributed by atoms with Gasteiger partial charge in [-0.05, 0) is 29.8 Å². The summed E-state index contributed by atoms with van der Waals surface area (Å²) < 4.78 is 31.9. The summed E-state index contributed by atoms with van der Waals surface area (Å²) in [5.74, 6) is -1.01. The van der Waals surface area contributed by atoms with Crippen LogP contribution in [0.3, 0.4) is 0 Å². The van der Waals surface area contributed by atoms with E-state index in [0.29, 0.717) is 29.5 Å². The Labute approximate surface area is 147 Å². The molecule has 1 atom stereocenters. The maximum Gasteiger partial charge on any atom is 0.232 e. The van der Waals surface area contributed by atoms with Crippen molar-refractivity contribution in [3.8, 4) is 11.5 Å². The quantitative estimate of drug-likeness (QED) is 0.719. The number of carbonyl (C=O) groups is 1. The van der Waals surface area contributed by atoms with Crippen molar-refractivity contribution < 1.29 is 18.1 Å². The molecule has 1 amide bonds. The summed E-state index contributed by atoms with van der Waals surface area (Å²) in [6, 6.07) is 8.60. The summed E-state index contributed by atoms with van der Waals surface area (Å²) >= 11 is 0. The summed E-state index contributed by atoms with van der Waals surface area (Å²) in [6.45, 7) is 0.478. The molecule has 3 aromatic rings. The van der Waals surface area contributed by atoms with Crippen molar-refractivity contribution in [2.75, 3.05) is 6.54 Å². The summed E-state index contributed by atoms with van der Waals surface area (Å²) in [5.41, 5.74) is 0.982. The molecule has 1 fully saturated rings. The fourth-order valence-electron chi connectivity index (χ4n) is 3.01. The summed E-state index contributed by atoms with van der Waals surface area (Å²) in [7, 11) is 0. The van der Waals surface area contributed by atoms with E-state index in [1.54, 1.807) is 18.3 Å². The molecule has 0 radical (unpaired) electrons. The van der Waals surface area contributed by atoms with E-state index >= 15 is 0 Å². The monoisotopic (exact) mass is 356 g/mol. The van der Waals surface area contributed by atoms with Crippen molar-refractivity contribution in [2.45, 2.75) is 18.9 Å². The summed E-state index contributed by atoms with van der Waals surface area (Å²) in [4.78, 5) is 22.3. The maximum atomic E-state index is 13.3. The summed E-state index contributed by atoms with van der Waals surface area (Å²) in [5, 5.41) is 3.91. The van der Waals surface area contributed by atoms with E-state index in [-0.39, 0.29) is 24.8 Å². The second-order valence-corrected chi connectivity index (χ2v) is 6.12. The fraction of sp³-hybridized carbons (Fsp3) is 0.222. The molecule has 26 heavy (non-hydrogen) atoms. The number of aromatic nitrogens is 3. The zero-order valence-electron chi connectivity index (χ0n) is 13.6. The van der Waals surface area contributed by atoms with E-state index in [1.165, 1.54) is 17.0 Å². The summed E-state index contributed by atoms with van der Waals surface area (Å²) in [6.07, 6.45) is 1.84. The number of likely N-dealkylation sites (tertiary alicyclic amines) is 1. The molecule has 0 bridgehead atoms. The Balaban J connectivity index is 1.49. The van der Waals surface area contributed by atoms with E-state index in [1.807, 2.05) is 6.07 Å². The highest BCUT2D eigenvalue weighted by Crippen LogP contribution is 2.29. The van der Waals surface area contributed by atoms with Gasteiger partial charge in [0.2, 0.25) is 17.6 Å². The average Bonchev–Trinajstić information content (AvgIpc) is 3.22. The molecule has 1 aliphatic rings. The number of carbonyl (C=O) groups excluding carboxylic acids is 1. The first-order chi connectivity index (χ1) is 12.6. The molecule has 132 valence electrons. The van der Waals surface area contributed by atoms with E-state index in [0.717, 1.165) is 6.07 Å². The Hall–Kier alpha value is -3.16. The number of hydrogen-bond donors (Lipinski definition) is 0. The van der Waals surface area contributed by atoms with E-state index in [9.17, 15) is 13.6 Å². The van der Waals surface area contributed by atoms with E-state index in [4.69, 9.17) is 4.52 Å². The number of rotatable bonds is 4. The highest BCUT2D eigenvalue weighted by Gasteiger charge is 2.34. The highest BCUT2D eigenvalue weighted by atomic mass is 19.1. The number of hydrogen-bond acceptors (Lipinski definition) is 5. The van der Waals surface area contributed by atoms with Crippen LogP contribution >= 0.6 is 0 Å². The average molecular weight is 356 g/mol. The Kier molecular flexibility index (Phi) is 4.16. The number of benzene rings is 1. The number of nitrogens with zero attached hydrogens (tertiary/aromatic N) is 4. The van der Waals surface area contributed by atoms with Crippen LogP contribution in [0.4, 0.5) is 8.78 Å². The molecular weight excluding hydrogens is 342 g/mol. The van der Waals surface area contributed by atoms with Gasteiger partial charge in [0.25, 0.3) is 0 Å². The van der Waals surface area contributed by atoms with Crippen LogP contribution in [-0.4, -0.2) is 32.5 Å². The molecule has 0 aliphatic carbocycles. The van der Waals surface area contributed by atoms with Gasteiger partial charge in [-0.25, -0.2) is 8.78 Å². The third-order valence-corrected chi connectivity index (χ3v) is 4.20. The zero-order chi connectivity index (χ0) is 18.1. The molecule has 0 unspecified atom stereocenters. The van der Waals surface area contributed by atoms with Gasteiger partial charge in [-0.15, -0.1) is 0 Å². The van der Waals surface area contributed by atoms with Gasteiger partial charge in [0.05, 0.1) is 5.92 Å². The lowest BCUT2D eigenvalue weighted by Crippen LogP contribution is -2.24. The van der Waals surface area contributed by atoms with Crippen molar-refractivity contribution in [3.63, 3.8) is 0 Å². The van der Waals surface area contributed by atoms with Crippen LogP contribution in [0.1, 0.15) is 23.8 Å². The van der Waals surface area contributed by atoms with Gasteiger partial charge in [0.15, 0.2) is 0 Å². The number of amides is 1. The van der Waals surface area contributed by atoms with Crippen LogP contribution < -0.4 is 0 Å². The predicted molar refractivity (Wildman–Crippen MR) is 86.7 cm³/mol. The van der Waals surface area contributed by atoms with Crippen molar-refractivity contribution in [1.82, 2.24) is 20.0 Å². The molecule has 4 rings (SSSR count). The SMILES string of the molecule is O=C1C[C@H](c2nc(-c3ccccn3)no2)CN1Cc1cc(F)cc(F)c1. The van der Waals surface area contributed by atoms with Crippen LogP contribution in [0, 0.1) is 11.6 Å². The predicted octanol–water partition coefficient (Wildman–Crippen LogP) is 2.93. The molecule has 0 spiro atoms. The molecule has 3 heterocycles. The topological polar surface area (TPSA) is 72.1 Å². The lowest BCUT2D eigenvalue weighted by molar-refractivity contribution is -0.128. The minimum absolute atomic E-state index is 0.128. The Bertz CT molecular complexity index is 925. The molecule has 2 aromatic heterocycles.